The molecule has 0 aliphatic carbocycles. The molecule has 0 heterocycles. The van der Waals surface area contributed by atoms with Crippen LogP contribution in [0.15, 0.2) is 18.2 Å². The van der Waals surface area contributed by atoms with Gasteiger partial charge in [-0.2, -0.15) is 8.78 Å². The molecule has 0 atom stereocenters. The van der Waals surface area contributed by atoms with E-state index in [1.165, 1.54) is 19.1 Å². The number of nitrogens with one attached hydrogen (secondary N) is 1. The molecule has 0 aliphatic heterocycles. The van der Waals surface area contributed by atoms with Gasteiger partial charge in [-0.25, -0.2) is 0 Å². The number of hydrogen-bond acceptors (Lipinski definition) is 3. The summed E-state index contributed by atoms with van der Waals surface area (Å²) in [6.45, 7) is 1.51. The zero-order valence-corrected chi connectivity index (χ0v) is 8.24. The molecular weight excluding hydrogens is 222 g/mol. The van der Waals surface area contributed by atoms with Gasteiger partial charge < -0.3 is 5.32 Å². The molecule has 0 fully saturated rings. The maximum absolute atomic E-state index is 11.9. The van der Waals surface area contributed by atoms with Gasteiger partial charge in [-0.15, -0.1) is 0 Å². The van der Waals surface area contributed by atoms with E-state index in [-0.39, 0.29) is 11.4 Å². The highest BCUT2D eigenvalue weighted by molar-refractivity contribution is 5.93. The van der Waals surface area contributed by atoms with Crippen LogP contribution in [0.3, 0.4) is 0 Å². The van der Waals surface area contributed by atoms with Crippen molar-refractivity contribution in [3.63, 3.8) is 0 Å². The number of benzene rings is 1. The normalized spacial score (nSPS) is 10.2. The van der Waals surface area contributed by atoms with Crippen LogP contribution in [0, 0.1) is 17.0 Å². The van der Waals surface area contributed by atoms with Crippen LogP contribution in [0.2, 0.25) is 0 Å². The zero-order chi connectivity index (χ0) is 12.3. The van der Waals surface area contributed by atoms with Crippen molar-refractivity contribution < 1.29 is 18.5 Å². The second-order valence-electron chi connectivity index (χ2n) is 3.05. The van der Waals surface area contributed by atoms with Gasteiger partial charge in [-0.3, -0.25) is 14.9 Å². The summed E-state index contributed by atoms with van der Waals surface area (Å²) < 4.78 is 23.8. The van der Waals surface area contributed by atoms with Crippen LogP contribution >= 0.6 is 0 Å². The first-order valence-corrected chi connectivity index (χ1v) is 4.26. The summed E-state index contributed by atoms with van der Waals surface area (Å²) in [6, 6.07) is 3.73. The fourth-order valence-corrected chi connectivity index (χ4v) is 1.08. The molecule has 0 saturated heterocycles. The Bertz CT molecular complexity index is 435. The van der Waals surface area contributed by atoms with E-state index in [0.29, 0.717) is 5.56 Å². The minimum absolute atomic E-state index is 0.0254. The summed E-state index contributed by atoms with van der Waals surface area (Å²) in [4.78, 5) is 20.5. The highest BCUT2D eigenvalue weighted by Crippen LogP contribution is 2.22. The molecule has 1 amide bonds. The minimum Gasteiger partial charge on any atom is -0.321 e. The quantitative estimate of drug-likeness (QED) is 0.638. The first kappa shape index (κ1) is 12.0. The molecule has 0 spiro atoms. The summed E-state index contributed by atoms with van der Waals surface area (Å²) in [5, 5.41) is 12.4. The van der Waals surface area contributed by atoms with Crippen molar-refractivity contribution in [2.75, 3.05) is 5.32 Å². The Morgan fingerprint density at radius 3 is 2.62 bits per heavy atom. The Kier molecular flexibility index (Phi) is 3.49. The SMILES string of the molecule is Cc1ccc(NC(=O)C(F)F)cc1[N+](=O)[O-]. The number of nitro groups is 1. The first-order chi connectivity index (χ1) is 7.41. The molecule has 1 N–H and O–H groups in total. The highest BCUT2D eigenvalue weighted by Gasteiger charge is 2.17. The molecule has 0 aliphatic rings. The second kappa shape index (κ2) is 4.65. The lowest BCUT2D eigenvalue weighted by Gasteiger charge is -2.04. The molecule has 16 heavy (non-hydrogen) atoms. The number of alkyl halides is 2. The number of carbonyl (C=O) groups excluding carboxylic acids is 1. The van der Waals surface area contributed by atoms with E-state index in [4.69, 9.17) is 0 Å². The van der Waals surface area contributed by atoms with Crippen LogP contribution in [0.25, 0.3) is 0 Å². The fourth-order valence-electron chi connectivity index (χ4n) is 1.08. The van der Waals surface area contributed by atoms with E-state index in [0.717, 1.165) is 6.07 Å². The third-order valence-corrected chi connectivity index (χ3v) is 1.87. The maximum Gasteiger partial charge on any atom is 0.315 e. The molecule has 0 bridgehead atoms. The minimum atomic E-state index is -3.15. The Labute approximate surface area is 89.2 Å². The van der Waals surface area contributed by atoms with Gasteiger partial charge in [0.15, 0.2) is 0 Å². The zero-order valence-electron chi connectivity index (χ0n) is 8.24. The van der Waals surface area contributed by atoms with Gasteiger partial charge in [0.2, 0.25) is 0 Å². The molecule has 0 aromatic heterocycles. The summed E-state index contributed by atoms with van der Waals surface area (Å²) in [6.07, 6.45) is -3.15. The molecular formula is C9H8F2N2O3. The lowest BCUT2D eigenvalue weighted by atomic mass is 10.2. The summed E-state index contributed by atoms with van der Waals surface area (Å²) in [5.41, 5.74) is 0.134. The summed E-state index contributed by atoms with van der Waals surface area (Å²) >= 11 is 0. The van der Waals surface area contributed by atoms with Crippen molar-refractivity contribution in [2.45, 2.75) is 13.3 Å². The second-order valence-corrected chi connectivity index (χ2v) is 3.05. The molecule has 86 valence electrons. The number of carbonyl (C=O) groups is 1. The van der Waals surface area contributed by atoms with Gasteiger partial charge >= 0.3 is 6.43 Å². The van der Waals surface area contributed by atoms with Crippen molar-refractivity contribution in [1.29, 1.82) is 0 Å². The number of anilines is 1. The lowest BCUT2D eigenvalue weighted by Crippen LogP contribution is -2.20. The molecule has 7 heteroatoms. The molecule has 1 rings (SSSR count). The molecule has 0 saturated carbocycles. The van der Waals surface area contributed by atoms with Crippen LogP contribution in [-0.2, 0) is 4.79 Å². The number of rotatable bonds is 3. The number of nitro benzene ring substituents is 1. The van der Waals surface area contributed by atoms with E-state index in [9.17, 15) is 23.7 Å². The number of amides is 1. The smallest absolute Gasteiger partial charge is 0.315 e. The van der Waals surface area contributed by atoms with Gasteiger partial charge in [0.05, 0.1) is 4.92 Å². The van der Waals surface area contributed by atoms with Crippen molar-refractivity contribution in [1.82, 2.24) is 0 Å². The summed E-state index contributed by atoms with van der Waals surface area (Å²) in [7, 11) is 0. The van der Waals surface area contributed by atoms with Crippen molar-refractivity contribution in [3.05, 3.63) is 33.9 Å². The van der Waals surface area contributed by atoms with Gasteiger partial charge in [-0.1, -0.05) is 6.07 Å². The number of halogens is 2. The molecule has 0 radical (unpaired) electrons. The number of hydrogen-bond donors (Lipinski definition) is 1. The number of nitrogens with zero attached hydrogens (tertiary/aromatic N) is 1. The first-order valence-electron chi connectivity index (χ1n) is 4.26. The van der Waals surface area contributed by atoms with Crippen molar-refractivity contribution in [2.24, 2.45) is 0 Å². The van der Waals surface area contributed by atoms with Crippen LogP contribution in [0.1, 0.15) is 5.56 Å². The highest BCUT2D eigenvalue weighted by atomic mass is 19.3. The van der Waals surface area contributed by atoms with Gasteiger partial charge in [-0.05, 0) is 13.0 Å². The van der Waals surface area contributed by atoms with Gasteiger partial charge in [0.25, 0.3) is 11.6 Å². The average molecular weight is 230 g/mol. The van der Waals surface area contributed by atoms with Gasteiger partial charge in [0.1, 0.15) is 0 Å². The molecule has 0 unspecified atom stereocenters. The predicted molar refractivity (Wildman–Crippen MR) is 52.5 cm³/mol. The largest absolute Gasteiger partial charge is 0.321 e. The van der Waals surface area contributed by atoms with E-state index >= 15 is 0 Å². The maximum atomic E-state index is 11.9. The Hall–Kier alpha value is -2.05. The third kappa shape index (κ3) is 2.72. The molecule has 1 aromatic carbocycles. The predicted octanol–water partition coefficient (Wildman–Crippen LogP) is 2.11. The topological polar surface area (TPSA) is 72.2 Å². The van der Waals surface area contributed by atoms with E-state index in [2.05, 4.69) is 0 Å². The van der Waals surface area contributed by atoms with Gasteiger partial charge in [0, 0.05) is 17.3 Å². The van der Waals surface area contributed by atoms with Crippen LogP contribution in [-0.4, -0.2) is 17.3 Å². The van der Waals surface area contributed by atoms with E-state index in [1.807, 2.05) is 5.32 Å². The molecule has 1 aromatic rings. The van der Waals surface area contributed by atoms with Crippen LogP contribution in [0.5, 0.6) is 0 Å². The average Bonchev–Trinajstić information content (AvgIpc) is 2.20. The van der Waals surface area contributed by atoms with E-state index < -0.39 is 17.3 Å². The van der Waals surface area contributed by atoms with Crippen molar-refractivity contribution in [3.8, 4) is 0 Å². The molecule has 5 nitrogen and oxygen atoms in total. The van der Waals surface area contributed by atoms with E-state index in [1.54, 1.807) is 0 Å². The Morgan fingerprint density at radius 1 is 1.50 bits per heavy atom. The van der Waals surface area contributed by atoms with Crippen LogP contribution < -0.4 is 5.32 Å². The van der Waals surface area contributed by atoms with Crippen molar-refractivity contribution >= 4 is 17.3 Å². The Balaban J connectivity index is 2.95. The third-order valence-electron chi connectivity index (χ3n) is 1.87. The number of aryl methyl sites for hydroxylation is 1. The Morgan fingerprint density at radius 2 is 2.12 bits per heavy atom. The lowest BCUT2D eigenvalue weighted by molar-refractivity contribution is -0.385. The summed E-state index contributed by atoms with van der Waals surface area (Å²) in [5.74, 6) is -1.49. The van der Waals surface area contributed by atoms with Crippen LogP contribution in [0.4, 0.5) is 20.2 Å². The fraction of sp³-hybridized carbons (Fsp3) is 0.222. The standard InChI is InChI=1S/C9H8F2N2O3/c1-5-2-3-6(4-7(5)13(15)16)12-9(14)8(10)11/h2-4,8H,1H3,(H,12,14). The monoisotopic (exact) mass is 230 g/mol.